The Bertz CT molecular complexity index is 1410. The summed E-state index contributed by atoms with van der Waals surface area (Å²) in [7, 11) is 4.04. The lowest BCUT2D eigenvalue weighted by Gasteiger charge is -2.43. The number of aromatic hydroxyl groups is 1. The molecule has 0 heterocycles. The Morgan fingerprint density at radius 1 is 0.946 bits per heavy atom. The summed E-state index contributed by atoms with van der Waals surface area (Å²) in [6.45, 7) is 9.10. The third-order valence-electron chi connectivity index (χ3n) is 7.53. The zero-order valence-corrected chi connectivity index (χ0v) is 22.4. The lowest BCUT2D eigenvalue weighted by atomic mass is 9.61. The van der Waals surface area contributed by atoms with Crippen LogP contribution >= 0.6 is 0 Å². The van der Waals surface area contributed by atoms with Crippen molar-refractivity contribution < 1.29 is 20.1 Å². The molecule has 0 radical (unpaired) electrons. The van der Waals surface area contributed by atoms with Crippen molar-refractivity contribution in [2.75, 3.05) is 19.0 Å². The highest BCUT2D eigenvalue weighted by Crippen LogP contribution is 2.50. The Morgan fingerprint density at radius 3 is 2.19 bits per heavy atom. The van der Waals surface area contributed by atoms with Crippen LogP contribution in [0.3, 0.4) is 0 Å². The summed E-state index contributed by atoms with van der Waals surface area (Å²) in [6, 6.07) is 16.8. The number of carboxylic acids is 1. The highest BCUT2D eigenvalue weighted by molar-refractivity contribution is 5.91. The fraction of sp³-hybridized carbons (Fsp3) is 0.344. The first-order valence-electron chi connectivity index (χ1n) is 12.5. The van der Waals surface area contributed by atoms with E-state index in [-0.39, 0.29) is 22.1 Å². The van der Waals surface area contributed by atoms with E-state index in [2.05, 4.69) is 80.8 Å². The summed E-state index contributed by atoms with van der Waals surface area (Å²) in [5.74, 6) is 4.22. The fourth-order valence-corrected chi connectivity index (χ4v) is 5.16. The van der Waals surface area contributed by atoms with Crippen LogP contribution in [-0.4, -0.2) is 35.4 Å². The molecule has 3 aromatic rings. The minimum atomic E-state index is -1.21. The van der Waals surface area contributed by atoms with Crippen molar-refractivity contribution in [1.82, 2.24) is 0 Å². The van der Waals surface area contributed by atoms with Crippen LogP contribution < -0.4 is 4.90 Å². The van der Waals surface area contributed by atoms with E-state index < -0.39 is 12.1 Å². The van der Waals surface area contributed by atoms with E-state index in [0.717, 1.165) is 35.2 Å². The van der Waals surface area contributed by atoms with Gasteiger partial charge in [-0.05, 0) is 87.9 Å². The molecule has 3 aromatic carbocycles. The van der Waals surface area contributed by atoms with Gasteiger partial charge < -0.3 is 20.2 Å². The zero-order valence-electron chi connectivity index (χ0n) is 22.4. The highest BCUT2D eigenvalue weighted by atomic mass is 16.4. The number of nitrogens with zero attached hydrogens (tertiary/aromatic N) is 1. The molecule has 1 aliphatic rings. The molecule has 0 bridgehead atoms. The monoisotopic (exact) mass is 497 g/mol. The maximum atomic E-state index is 11.2. The molecule has 192 valence electrons. The summed E-state index contributed by atoms with van der Waals surface area (Å²) in [6.07, 6.45) is 1.08. The van der Waals surface area contributed by atoms with Crippen LogP contribution in [0.1, 0.15) is 79.3 Å². The Kier molecular flexibility index (Phi) is 6.83. The predicted molar refractivity (Wildman–Crippen MR) is 148 cm³/mol. The highest BCUT2D eigenvalue weighted by Gasteiger charge is 2.39. The van der Waals surface area contributed by atoms with E-state index in [1.165, 1.54) is 29.3 Å². The summed E-state index contributed by atoms with van der Waals surface area (Å²) < 4.78 is 0. The van der Waals surface area contributed by atoms with Crippen molar-refractivity contribution >= 4 is 11.7 Å². The van der Waals surface area contributed by atoms with Gasteiger partial charge in [0.1, 0.15) is 17.4 Å². The van der Waals surface area contributed by atoms with Crippen molar-refractivity contribution in [3.05, 3.63) is 82.4 Å². The number of anilines is 1. The molecule has 4 rings (SSSR count). The Hall–Kier alpha value is -3.75. The molecule has 3 N–H and O–H groups in total. The number of phenols is 1. The molecule has 0 aliphatic heterocycles. The van der Waals surface area contributed by atoms with Crippen LogP contribution in [0, 0.1) is 11.8 Å². The topological polar surface area (TPSA) is 81.0 Å². The second-order valence-corrected chi connectivity index (χ2v) is 11.4. The number of benzene rings is 3. The van der Waals surface area contributed by atoms with E-state index in [1.807, 2.05) is 14.1 Å². The Labute approximate surface area is 219 Å². The first-order chi connectivity index (χ1) is 17.3. The maximum absolute atomic E-state index is 11.2. The number of aliphatic hydroxyl groups excluding tert-OH is 1. The van der Waals surface area contributed by atoms with E-state index >= 15 is 0 Å². The summed E-state index contributed by atoms with van der Waals surface area (Å²) in [5.41, 5.74) is 6.78. The van der Waals surface area contributed by atoms with Crippen LogP contribution in [-0.2, 0) is 10.8 Å². The van der Waals surface area contributed by atoms with Crippen molar-refractivity contribution in [2.45, 2.75) is 57.5 Å². The average Bonchev–Trinajstić information content (AvgIpc) is 2.84. The molecule has 0 aromatic heterocycles. The van der Waals surface area contributed by atoms with E-state index in [1.54, 1.807) is 0 Å². The predicted octanol–water partition coefficient (Wildman–Crippen LogP) is 6.26. The summed E-state index contributed by atoms with van der Waals surface area (Å²) in [5, 5.41) is 30.3. The third-order valence-corrected chi connectivity index (χ3v) is 7.53. The second-order valence-electron chi connectivity index (χ2n) is 11.4. The SMILES string of the molecule is CN(C)c1ccc(-c2cc(C(O)C#Cc3ccc(C(=O)O)c(O)c3)cc3c2C(C)(C)CCC3(C)C)cc1. The molecule has 5 heteroatoms. The van der Waals surface area contributed by atoms with E-state index in [4.69, 9.17) is 5.11 Å². The number of fused-ring (bicyclic) bond motifs is 1. The molecule has 5 nitrogen and oxygen atoms in total. The van der Waals surface area contributed by atoms with Crippen LogP contribution in [0.4, 0.5) is 5.69 Å². The number of rotatable bonds is 4. The molecule has 0 saturated heterocycles. The number of aromatic carboxylic acids is 1. The molecular weight excluding hydrogens is 462 g/mol. The van der Waals surface area contributed by atoms with Gasteiger partial charge in [0, 0.05) is 25.3 Å². The average molecular weight is 498 g/mol. The quantitative estimate of drug-likeness (QED) is 0.371. The molecule has 0 fully saturated rings. The first kappa shape index (κ1) is 26.3. The second kappa shape index (κ2) is 9.61. The normalized spacial score (nSPS) is 16.2. The third kappa shape index (κ3) is 5.21. The number of aliphatic hydroxyl groups is 1. The Balaban J connectivity index is 1.83. The van der Waals surface area contributed by atoms with Gasteiger partial charge in [-0.1, -0.05) is 57.7 Å². The minimum absolute atomic E-state index is 0.0149. The number of carbonyl (C=O) groups is 1. The number of hydrogen-bond acceptors (Lipinski definition) is 4. The van der Waals surface area contributed by atoms with Gasteiger partial charge in [-0.15, -0.1) is 0 Å². The van der Waals surface area contributed by atoms with Gasteiger partial charge in [-0.2, -0.15) is 0 Å². The molecule has 1 unspecified atom stereocenters. The van der Waals surface area contributed by atoms with Crippen LogP contribution in [0.5, 0.6) is 5.75 Å². The number of hydrogen-bond donors (Lipinski definition) is 3. The van der Waals surface area contributed by atoms with Gasteiger partial charge >= 0.3 is 5.97 Å². The zero-order chi connectivity index (χ0) is 27.1. The standard InChI is InChI=1S/C32H35NO4/c1-31(2)15-16-32(3,4)29-25(21-9-11-23(12-10-21)33(5)6)18-22(19-26(29)31)27(34)14-8-20-7-13-24(30(36)37)28(35)17-20/h7,9-13,17-19,27,34-35H,15-16H2,1-6H3,(H,36,37). The van der Waals surface area contributed by atoms with Crippen molar-refractivity contribution in [3.63, 3.8) is 0 Å². The molecule has 37 heavy (non-hydrogen) atoms. The molecule has 0 spiro atoms. The molecule has 0 amide bonds. The molecule has 0 saturated carbocycles. The lowest BCUT2D eigenvalue weighted by Crippen LogP contribution is -2.34. The maximum Gasteiger partial charge on any atom is 0.339 e. The van der Waals surface area contributed by atoms with Crippen LogP contribution in [0.25, 0.3) is 11.1 Å². The summed E-state index contributed by atoms with van der Waals surface area (Å²) >= 11 is 0. The smallest absolute Gasteiger partial charge is 0.339 e. The van der Waals surface area contributed by atoms with E-state index in [9.17, 15) is 15.0 Å². The lowest BCUT2D eigenvalue weighted by molar-refractivity contribution is 0.0693. The summed E-state index contributed by atoms with van der Waals surface area (Å²) in [4.78, 5) is 13.2. The first-order valence-corrected chi connectivity index (χ1v) is 12.5. The van der Waals surface area contributed by atoms with Gasteiger partial charge in [0.15, 0.2) is 0 Å². The van der Waals surface area contributed by atoms with Gasteiger partial charge in [-0.3, -0.25) is 0 Å². The van der Waals surface area contributed by atoms with E-state index in [0.29, 0.717) is 5.56 Å². The molecule has 1 atom stereocenters. The van der Waals surface area contributed by atoms with Crippen molar-refractivity contribution in [3.8, 4) is 28.7 Å². The van der Waals surface area contributed by atoms with Crippen LogP contribution in [0.15, 0.2) is 54.6 Å². The molecule has 1 aliphatic carbocycles. The van der Waals surface area contributed by atoms with Crippen molar-refractivity contribution in [2.24, 2.45) is 0 Å². The van der Waals surface area contributed by atoms with Crippen molar-refractivity contribution in [1.29, 1.82) is 0 Å². The van der Waals surface area contributed by atoms with Gasteiger partial charge in [-0.25, -0.2) is 4.79 Å². The van der Waals surface area contributed by atoms with Gasteiger partial charge in [0.05, 0.1) is 0 Å². The van der Waals surface area contributed by atoms with Gasteiger partial charge in [0.25, 0.3) is 0 Å². The van der Waals surface area contributed by atoms with Crippen LogP contribution in [0.2, 0.25) is 0 Å². The Morgan fingerprint density at radius 2 is 1.59 bits per heavy atom. The number of carboxylic acid groups (broad SMARTS) is 1. The van der Waals surface area contributed by atoms with Gasteiger partial charge in [0.2, 0.25) is 0 Å². The largest absolute Gasteiger partial charge is 0.507 e. The molecular formula is C32H35NO4. The fourth-order valence-electron chi connectivity index (χ4n) is 5.16. The minimum Gasteiger partial charge on any atom is -0.507 e.